The van der Waals surface area contributed by atoms with Crippen LogP contribution in [0, 0.1) is 5.92 Å². The average Bonchev–Trinajstić information content (AvgIpc) is 1.81. The molecule has 3 heteroatoms. The van der Waals surface area contributed by atoms with E-state index in [0.29, 0.717) is 18.0 Å². The number of hydrogen-bond acceptors (Lipinski definition) is 2. The summed E-state index contributed by atoms with van der Waals surface area (Å²) in [5.41, 5.74) is 0. The van der Waals surface area contributed by atoms with E-state index in [9.17, 15) is 9.59 Å². The predicted octanol–water partition coefficient (Wildman–Crippen LogP) is 1.87. The van der Waals surface area contributed by atoms with Gasteiger partial charge in [0.25, 0.3) is 0 Å². The summed E-state index contributed by atoms with van der Waals surface area (Å²) < 4.78 is 0. The van der Waals surface area contributed by atoms with E-state index in [2.05, 4.69) is 6.92 Å². The van der Waals surface area contributed by atoms with Gasteiger partial charge in [-0.25, -0.2) is 0 Å². The van der Waals surface area contributed by atoms with Gasteiger partial charge in [-0.3, -0.25) is 0 Å². The zero-order valence-corrected chi connectivity index (χ0v) is 8.80. The van der Waals surface area contributed by atoms with Crippen LogP contribution in [0.5, 0.6) is 0 Å². The highest BCUT2D eigenvalue weighted by Crippen LogP contribution is 2.17. The minimum Gasteiger partial charge on any atom is -0.411 e. The van der Waals surface area contributed by atoms with Crippen molar-refractivity contribution in [2.45, 2.75) is 45.7 Å². The third kappa shape index (κ3) is 6.53. The second kappa shape index (κ2) is 4.90. The van der Waals surface area contributed by atoms with Gasteiger partial charge in [-0.2, -0.15) is 0 Å². The van der Waals surface area contributed by atoms with E-state index in [0.717, 1.165) is 12.8 Å². The lowest BCUT2D eigenvalue weighted by Crippen LogP contribution is -2.35. The molecule has 0 fully saturated rings. The summed E-state index contributed by atoms with van der Waals surface area (Å²) in [5.74, 6) is 0.411. The Morgan fingerprint density at radius 3 is 2.18 bits per heavy atom. The molecular weight excluding hydrogens is 156 g/mol. The molecule has 0 rings (SSSR count). The fourth-order valence-electron chi connectivity index (χ4n) is 1.22. The lowest BCUT2D eigenvalue weighted by molar-refractivity contribution is 0.344. The van der Waals surface area contributed by atoms with Gasteiger partial charge in [0, 0.05) is 0 Å². The maximum atomic E-state index is 9.51. The van der Waals surface area contributed by atoms with E-state index in [1.54, 1.807) is 0 Å². The summed E-state index contributed by atoms with van der Waals surface area (Å²) in [6, 6.07) is 1.26. The third-order valence-corrected chi connectivity index (χ3v) is 4.29. The number of hydrogen-bond donors (Lipinski definition) is 2. The van der Waals surface area contributed by atoms with Crippen molar-refractivity contribution in [1.29, 1.82) is 0 Å². The molecule has 0 radical (unpaired) electrons. The van der Waals surface area contributed by atoms with E-state index in [1.807, 2.05) is 13.8 Å². The molecule has 0 amide bonds. The zero-order valence-electron chi connectivity index (χ0n) is 7.80. The van der Waals surface area contributed by atoms with Crippen molar-refractivity contribution >= 4 is 8.56 Å². The van der Waals surface area contributed by atoms with Gasteiger partial charge in [-0.15, -0.1) is 0 Å². The first-order valence-electron chi connectivity index (χ1n) is 4.42. The van der Waals surface area contributed by atoms with E-state index >= 15 is 0 Å². The Hall–Kier alpha value is 0.137. The van der Waals surface area contributed by atoms with Crippen molar-refractivity contribution in [2.75, 3.05) is 0 Å². The van der Waals surface area contributed by atoms with Crippen LogP contribution in [0.15, 0.2) is 0 Å². The van der Waals surface area contributed by atoms with Gasteiger partial charge in [-0.05, 0) is 18.0 Å². The first-order chi connectivity index (χ1) is 4.98. The van der Waals surface area contributed by atoms with Crippen molar-refractivity contribution in [1.82, 2.24) is 0 Å². The third-order valence-electron chi connectivity index (χ3n) is 1.67. The number of rotatable bonds is 5. The summed E-state index contributed by atoms with van der Waals surface area (Å²) in [7, 11) is -2.79. The van der Waals surface area contributed by atoms with Crippen LogP contribution in [0.1, 0.15) is 33.6 Å². The fourth-order valence-corrected chi connectivity index (χ4v) is 3.65. The summed E-state index contributed by atoms with van der Waals surface area (Å²) in [6.45, 7) is 6.13. The summed E-state index contributed by atoms with van der Waals surface area (Å²) in [4.78, 5) is 19.0. The molecule has 68 valence electrons. The quantitative estimate of drug-likeness (QED) is 0.628. The van der Waals surface area contributed by atoms with Gasteiger partial charge in [0.1, 0.15) is 0 Å². The summed E-state index contributed by atoms with van der Waals surface area (Å²) >= 11 is 0. The smallest absolute Gasteiger partial charge is 0.332 e. The van der Waals surface area contributed by atoms with Crippen LogP contribution >= 0.6 is 0 Å². The van der Waals surface area contributed by atoms with E-state index in [4.69, 9.17) is 0 Å². The van der Waals surface area contributed by atoms with Crippen LogP contribution in [0.2, 0.25) is 12.1 Å². The molecule has 0 aromatic carbocycles. The van der Waals surface area contributed by atoms with Gasteiger partial charge in [0.15, 0.2) is 0 Å². The molecule has 0 unspecified atom stereocenters. The average molecular weight is 176 g/mol. The van der Waals surface area contributed by atoms with Crippen molar-refractivity contribution < 1.29 is 9.59 Å². The van der Waals surface area contributed by atoms with Crippen LogP contribution in [0.25, 0.3) is 0 Å². The molecule has 0 atom stereocenters. The molecule has 2 N–H and O–H groups in total. The molecule has 11 heavy (non-hydrogen) atoms. The Morgan fingerprint density at radius 1 is 1.27 bits per heavy atom. The molecule has 0 aliphatic carbocycles. The first-order valence-corrected chi connectivity index (χ1v) is 6.73. The molecule has 2 nitrogen and oxygen atoms in total. The van der Waals surface area contributed by atoms with E-state index in [-0.39, 0.29) is 0 Å². The van der Waals surface area contributed by atoms with Crippen LogP contribution in [0.4, 0.5) is 0 Å². The van der Waals surface area contributed by atoms with Crippen LogP contribution in [0.3, 0.4) is 0 Å². The summed E-state index contributed by atoms with van der Waals surface area (Å²) in [6.07, 6.45) is 2.00. The Kier molecular flexibility index (Phi) is 4.96. The van der Waals surface area contributed by atoms with Gasteiger partial charge in [-0.1, -0.05) is 33.6 Å². The molecule has 0 aliphatic heterocycles. The molecule has 0 heterocycles. The van der Waals surface area contributed by atoms with Crippen molar-refractivity contribution in [3.05, 3.63) is 0 Å². The highest BCUT2D eigenvalue weighted by Gasteiger charge is 2.28. The van der Waals surface area contributed by atoms with E-state index < -0.39 is 8.56 Å². The Balaban J connectivity index is 3.61. The molecule has 0 spiro atoms. The van der Waals surface area contributed by atoms with Gasteiger partial charge < -0.3 is 9.59 Å². The highest BCUT2D eigenvalue weighted by atomic mass is 28.4. The predicted molar refractivity (Wildman–Crippen MR) is 49.6 cm³/mol. The van der Waals surface area contributed by atoms with Gasteiger partial charge in [0.2, 0.25) is 0 Å². The monoisotopic (exact) mass is 176 g/mol. The largest absolute Gasteiger partial charge is 0.411 e. The summed E-state index contributed by atoms with van der Waals surface area (Å²) in [5, 5.41) is 0. The van der Waals surface area contributed by atoms with Gasteiger partial charge >= 0.3 is 8.56 Å². The lowest BCUT2D eigenvalue weighted by Gasteiger charge is -2.19. The minimum absolute atomic E-state index is 0.411. The maximum Gasteiger partial charge on any atom is 0.332 e. The molecule has 0 aromatic heterocycles. The first kappa shape index (κ1) is 11.1. The second-order valence-electron chi connectivity index (χ2n) is 3.68. The Bertz CT molecular complexity index is 102. The van der Waals surface area contributed by atoms with Crippen LogP contribution in [-0.4, -0.2) is 18.2 Å². The molecular formula is C8H20O2Si. The molecule has 0 saturated heterocycles. The van der Waals surface area contributed by atoms with Gasteiger partial charge in [0.05, 0.1) is 0 Å². The lowest BCUT2D eigenvalue weighted by atomic mass is 10.3. The Labute approximate surface area is 70.5 Å². The molecule has 0 aliphatic rings. The highest BCUT2D eigenvalue weighted by molar-refractivity contribution is 6.64. The van der Waals surface area contributed by atoms with E-state index in [1.165, 1.54) is 0 Å². The SMILES string of the molecule is CCCC[Si](O)(O)CC(C)C. The molecule has 0 bridgehead atoms. The fraction of sp³-hybridized carbons (Fsp3) is 1.00. The molecule has 0 aromatic rings. The second-order valence-corrected chi connectivity index (χ2v) is 6.56. The van der Waals surface area contributed by atoms with Crippen LogP contribution < -0.4 is 0 Å². The zero-order chi connectivity index (χ0) is 8.91. The topological polar surface area (TPSA) is 40.5 Å². The minimum atomic E-state index is -2.79. The standard InChI is InChI=1S/C8H20O2Si/c1-4-5-6-11(9,10)7-8(2)3/h8-10H,4-7H2,1-3H3. The van der Waals surface area contributed by atoms with Crippen molar-refractivity contribution in [3.8, 4) is 0 Å². The van der Waals surface area contributed by atoms with Crippen LogP contribution in [-0.2, 0) is 0 Å². The maximum absolute atomic E-state index is 9.51. The van der Waals surface area contributed by atoms with Crippen molar-refractivity contribution in [3.63, 3.8) is 0 Å². The number of unbranched alkanes of at least 4 members (excludes halogenated alkanes) is 1. The normalized spacial score (nSPS) is 12.5. The Morgan fingerprint density at radius 2 is 1.82 bits per heavy atom. The van der Waals surface area contributed by atoms with Crippen molar-refractivity contribution in [2.24, 2.45) is 5.92 Å². The molecule has 0 saturated carbocycles.